The Balaban J connectivity index is 0.00000300. The standard InChI is InChI=1S/C22H26N4O2.HI/c1-16-18-10-6-7-11-19(18)28-20(16)14-25-22(23-2)26-15-21(27)24-13-12-17-8-4-3-5-9-17;/h3-11H,12-15H2,1-2H3,(H,24,27)(H2,23,25,26);1H. The molecular formula is C22H27IN4O2. The summed E-state index contributed by atoms with van der Waals surface area (Å²) in [5.74, 6) is 1.34. The van der Waals surface area contributed by atoms with E-state index < -0.39 is 0 Å². The van der Waals surface area contributed by atoms with Gasteiger partial charge in [0.15, 0.2) is 5.96 Å². The van der Waals surface area contributed by atoms with E-state index in [0.717, 1.165) is 28.7 Å². The van der Waals surface area contributed by atoms with E-state index in [9.17, 15) is 4.79 Å². The molecule has 3 aromatic rings. The Morgan fingerprint density at radius 2 is 1.72 bits per heavy atom. The van der Waals surface area contributed by atoms with Crippen LogP contribution in [-0.2, 0) is 17.8 Å². The number of aliphatic imine (C=N–C) groups is 1. The predicted octanol–water partition coefficient (Wildman–Crippen LogP) is 3.38. The number of para-hydroxylation sites is 1. The van der Waals surface area contributed by atoms with Gasteiger partial charge in [0.05, 0.1) is 13.1 Å². The molecule has 3 N–H and O–H groups in total. The Labute approximate surface area is 188 Å². The number of hydrogen-bond acceptors (Lipinski definition) is 3. The van der Waals surface area contributed by atoms with Gasteiger partial charge < -0.3 is 20.4 Å². The van der Waals surface area contributed by atoms with Gasteiger partial charge in [0.1, 0.15) is 11.3 Å². The second kappa shape index (κ2) is 11.5. The molecule has 0 spiro atoms. The molecule has 0 aliphatic rings. The Hall–Kier alpha value is -2.55. The first-order chi connectivity index (χ1) is 13.7. The van der Waals surface area contributed by atoms with E-state index in [-0.39, 0.29) is 36.4 Å². The highest BCUT2D eigenvalue weighted by molar-refractivity contribution is 14.0. The normalized spacial score (nSPS) is 11.0. The fourth-order valence-electron chi connectivity index (χ4n) is 3.00. The van der Waals surface area contributed by atoms with Crippen LogP contribution in [0.2, 0.25) is 0 Å². The maximum Gasteiger partial charge on any atom is 0.239 e. The zero-order valence-electron chi connectivity index (χ0n) is 16.7. The summed E-state index contributed by atoms with van der Waals surface area (Å²) in [6.45, 7) is 3.30. The van der Waals surface area contributed by atoms with E-state index in [1.165, 1.54) is 5.56 Å². The maximum absolute atomic E-state index is 12.0. The first-order valence-electron chi connectivity index (χ1n) is 9.39. The lowest BCUT2D eigenvalue weighted by molar-refractivity contribution is -0.119. The van der Waals surface area contributed by atoms with Crippen molar-refractivity contribution < 1.29 is 9.21 Å². The van der Waals surface area contributed by atoms with E-state index >= 15 is 0 Å². The van der Waals surface area contributed by atoms with Gasteiger partial charge in [0, 0.05) is 24.5 Å². The number of carbonyl (C=O) groups excluding carboxylic acids is 1. The van der Waals surface area contributed by atoms with Gasteiger partial charge >= 0.3 is 0 Å². The third-order valence-electron chi connectivity index (χ3n) is 4.58. The maximum atomic E-state index is 12.0. The molecule has 1 heterocycles. The number of nitrogens with zero attached hydrogens (tertiary/aromatic N) is 1. The van der Waals surface area contributed by atoms with Crippen LogP contribution in [0.25, 0.3) is 11.0 Å². The zero-order valence-corrected chi connectivity index (χ0v) is 19.0. The number of carbonyl (C=O) groups is 1. The number of benzene rings is 2. The van der Waals surface area contributed by atoms with Gasteiger partial charge in [-0.3, -0.25) is 9.79 Å². The van der Waals surface area contributed by atoms with Crippen LogP contribution in [0.1, 0.15) is 16.9 Å². The molecule has 1 amide bonds. The minimum Gasteiger partial charge on any atom is -0.459 e. The van der Waals surface area contributed by atoms with Crippen molar-refractivity contribution in [3.8, 4) is 0 Å². The van der Waals surface area contributed by atoms with Gasteiger partial charge in [0.2, 0.25) is 5.91 Å². The summed E-state index contributed by atoms with van der Waals surface area (Å²) in [7, 11) is 1.67. The van der Waals surface area contributed by atoms with Gasteiger partial charge in [-0.05, 0) is 25.0 Å². The molecular weight excluding hydrogens is 479 g/mol. The largest absolute Gasteiger partial charge is 0.459 e. The van der Waals surface area contributed by atoms with Crippen LogP contribution in [0.5, 0.6) is 0 Å². The van der Waals surface area contributed by atoms with Crippen LogP contribution in [0.3, 0.4) is 0 Å². The van der Waals surface area contributed by atoms with Crippen molar-refractivity contribution in [2.75, 3.05) is 20.1 Å². The molecule has 7 heteroatoms. The third kappa shape index (κ3) is 6.49. The number of amides is 1. The second-order valence-corrected chi connectivity index (χ2v) is 6.51. The molecule has 6 nitrogen and oxygen atoms in total. The lowest BCUT2D eigenvalue weighted by Gasteiger charge is -2.11. The minimum atomic E-state index is -0.0706. The molecule has 0 saturated heterocycles. The highest BCUT2D eigenvalue weighted by Gasteiger charge is 2.10. The lowest BCUT2D eigenvalue weighted by Crippen LogP contribution is -2.43. The third-order valence-corrected chi connectivity index (χ3v) is 4.58. The molecule has 2 aromatic carbocycles. The van der Waals surface area contributed by atoms with Gasteiger partial charge in [0.25, 0.3) is 0 Å². The smallest absolute Gasteiger partial charge is 0.239 e. The number of halogens is 1. The highest BCUT2D eigenvalue weighted by Crippen LogP contribution is 2.24. The fourth-order valence-corrected chi connectivity index (χ4v) is 3.00. The number of rotatable bonds is 7. The Kier molecular flexibility index (Phi) is 8.98. The van der Waals surface area contributed by atoms with Crippen LogP contribution in [0, 0.1) is 6.92 Å². The number of hydrogen-bond donors (Lipinski definition) is 3. The van der Waals surface area contributed by atoms with Gasteiger partial charge in [-0.2, -0.15) is 0 Å². The number of furan rings is 1. The topological polar surface area (TPSA) is 78.7 Å². The van der Waals surface area contributed by atoms with Gasteiger partial charge in [-0.15, -0.1) is 24.0 Å². The number of fused-ring (bicyclic) bond motifs is 1. The SMILES string of the molecule is CN=C(NCC(=O)NCCc1ccccc1)NCc1oc2ccccc2c1C.I. The molecule has 0 aliphatic carbocycles. The average molecular weight is 506 g/mol. The molecule has 0 aliphatic heterocycles. The molecule has 29 heavy (non-hydrogen) atoms. The molecule has 0 saturated carbocycles. The van der Waals surface area contributed by atoms with Crippen LogP contribution in [0.4, 0.5) is 0 Å². The van der Waals surface area contributed by atoms with Crippen molar-refractivity contribution in [1.82, 2.24) is 16.0 Å². The van der Waals surface area contributed by atoms with Crippen LogP contribution >= 0.6 is 24.0 Å². The van der Waals surface area contributed by atoms with E-state index in [4.69, 9.17) is 4.42 Å². The Morgan fingerprint density at radius 3 is 2.45 bits per heavy atom. The van der Waals surface area contributed by atoms with Crippen molar-refractivity contribution in [3.05, 3.63) is 71.5 Å². The summed E-state index contributed by atoms with van der Waals surface area (Å²) < 4.78 is 5.89. The molecule has 0 atom stereocenters. The molecule has 0 fully saturated rings. The summed E-state index contributed by atoms with van der Waals surface area (Å²) in [6, 6.07) is 18.0. The van der Waals surface area contributed by atoms with Gasteiger partial charge in [-0.1, -0.05) is 48.5 Å². The molecule has 1 aromatic heterocycles. The first kappa shape index (κ1) is 22.7. The minimum absolute atomic E-state index is 0. The fraction of sp³-hybridized carbons (Fsp3) is 0.273. The predicted molar refractivity (Wildman–Crippen MR) is 128 cm³/mol. The average Bonchev–Trinajstić information content (AvgIpc) is 3.05. The monoisotopic (exact) mass is 506 g/mol. The van der Waals surface area contributed by atoms with Crippen molar-refractivity contribution in [3.63, 3.8) is 0 Å². The quantitative estimate of drug-likeness (QED) is 0.261. The molecule has 154 valence electrons. The molecule has 0 radical (unpaired) electrons. The molecule has 3 rings (SSSR count). The summed E-state index contributed by atoms with van der Waals surface area (Å²) in [5.41, 5.74) is 3.18. The van der Waals surface area contributed by atoms with Crippen LogP contribution < -0.4 is 16.0 Å². The Bertz CT molecular complexity index is 954. The van der Waals surface area contributed by atoms with E-state index in [2.05, 4.69) is 33.1 Å². The van der Waals surface area contributed by atoms with Crippen molar-refractivity contribution in [2.45, 2.75) is 19.9 Å². The number of guanidine groups is 1. The summed E-state index contributed by atoms with van der Waals surface area (Å²) in [5, 5.41) is 10.2. The Morgan fingerprint density at radius 1 is 1.00 bits per heavy atom. The molecule has 0 unspecified atom stereocenters. The van der Waals surface area contributed by atoms with Gasteiger partial charge in [-0.25, -0.2) is 0 Å². The van der Waals surface area contributed by atoms with Crippen molar-refractivity contribution in [2.24, 2.45) is 4.99 Å². The second-order valence-electron chi connectivity index (χ2n) is 6.51. The zero-order chi connectivity index (χ0) is 19.8. The molecule has 0 bridgehead atoms. The van der Waals surface area contributed by atoms with Crippen molar-refractivity contribution in [1.29, 1.82) is 0 Å². The van der Waals surface area contributed by atoms with Crippen LogP contribution in [-0.4, -0.2) is 32.0 Å². The summed E-state index contributed by atoms with van der Waals surface area (Å²) in [6.07, 6.45) is 0.810. The van der Waals surface area contributed by atoms with E-state index in [1.54, 1.807) is 7.05 Å². The lowest BCUT2D eigenvalue weighted by atomic mass is 10.1. The first-order valence-corrected chi connectivity index (χ1v) is 9.39. The van der Waals surface area contributed by atoms with E-state index in [0.29, 0.717) is 19.0 Å². The summed E-state index contributed by atoms with van der Waals surface area (Å²) in [4.78, 5) is 16.2. The van der Waals surface area contributed by atoms with Crippen LogP contribution in [0.15, 0.2) is 64.0 Å². The van der Waals surface area contributed by atoms with Crippen molar-refractivity contribution >= 4 is 46.8 Å². The highest BCUT2D eigenvalue weighted by atomic mass is 127. The van der Waals surface area contributed by atoms with E-state index in [1.807, 2.05) is 49.4 Å². The number of nitrogens with one attached hydrogen (secondary N) is 3. The number of aryl methyl sites for hydroxylation is 1. The summed E-state index contributed by atoms with van der Waals surface area (Å²) >= 11 is 0.